The molecule has 1 aliphatic rings. The Hall–Kier alpha value is -1.88. The largest absolute Gasteiger partial charge is 0.489 e. The lowest BCUT2D eigenvalue weighted by Crippen LogP contribution is -2.40. The SMILES string of the molecule is OC[C@@H](c1ccc(OCc2ccccc2)cc1)N1CCOCC1. The Morgan fingerprint density at radius 3 is 2.35 bits per heavy atom. The monoisotopic (exact) mass is 313 g/mol. The van der Waals surface area contributed by atoms with Gasteiger partial charge in [0, 0.05) is 13.1 Å². The summed E-state index contributed by atoms with van der Waals surface area (Å²) in [6, 6.07) is 18.2. The molecule has 2 aromatic carbocycles. The highest BCUT2D eigenvalue weighted by molar-refractivity contribution is 5.30. The second-order valence-electron chi connectivity index (χ2n) is 5.69. The molecule has 0 amide bonds. The van der Waals surface area contributed by atoms with Crippen molar-refractivity contribution in [1.82, 2.24) is 4.90 Å². The number of morpholine rings is 1. The summed E-state index contributed by atoms with van der Waals surface area (Å²) in [6.07, 6.45) is 0. The van der Waals surface area contributed by atoms with E-state index in [-0.39, 0.29) is 12.6 Å². The van der Waals surface area contributed by atoms with Gasteiger partial charge in [0.1, 0.15) is 12.4 Å². The molecule has 1 heterocycles. The van der Waals surface area contributed by atoms with E-state index in [1.807, 2.05) is 42.5 Å². The molecule has 1 saturated heterocycles. The molecule has 23 heavy (non-hydrogen) atoms. The van der Waals surface area contributed by atoms with Crippen molar-refractivity contribution in [1.29, 1.82) is 0 Å². The normalized spacial score (nSPS) is 16.9. The second kappa shape index (κ2) is 8.11. The van der Waals surface area contributed by atoms with Crippen molar-refractivity contribution >= 4 is 0 Å². The first kappa shape index (κ1) is 16.0. The van der Waals surface area contributed by atoms with Crippen molar-refractivity contribution in [2.75, 3.05) is 32.9 Å². The Kier molecular flexibility index (Phi) is 5.64. The maximum absolute atomic E-state index is 9.74. The topological polar surface area (TPSA) is 41.9 Å². The molecule has 4 nitrogen and oxygen atoms in total. The lowest BCUT2D eigenvalue weighted by Gasteiger charge is -2.33. The first-order chi connectivity index (χ1) is 11.4. The molecule has 2 aromatic rings. The molecule has 3 rings (SSSR count). The van der Waals surface area contributed by atoms with Gasteiger partial charge in [0.2, 0.25) is 0 Å². The number of hydrogen-bond acceptors (Lipinski definition) is 4. The zero-order valence-corrected chi connectivity index (χ0v) is 13.2. The van der Waals surface area contributed by atoms with Gasteiger partial charge < -0.3 is 14.6 Å². The van der Waals surface area contributed by atoms with Crippen molar-refractivity contribution in [3.63, 3.8) is 0 Å². The van der Waals surface area contributed by atoms with E-state index in [9.17, 15) is 5.11 Å². The van der Waals surface area contributed by atoms with Crippen LogP contribution in [0.15, 0.2) is 54.6 Å². The highest BCUT2D eigenvalue weighted by Gasteiger charge is 2.21. The quantitative estimate of drug-likeness (QED) is 0.890. The van der Waals surface area contributed by atoms with Gasteiger partial charge in [-0.25, -0.2) is 0 Å². The molecular formula is C19H23NO3. The maximum atomic E-state index is 9.74. The number of benzene rings is 2. The molecule has 1 fully saturated rings. The summed E-state index contributed by atoms with van der Waals surface area (Å²) in [7, 11) is 0. The van der Waals surface area contributed by atoms with Crippen LogP contribution in [0.25, 0.3) is 0 Å². The van der Waals surface area contributed by atoms with Crippen molar-refractivity contribution in [2.45, 2.75) is 12.6 Å². The van der Waals surface area contributed by atoms with Crippen LogP contribution in [0.4, 0.5) is 0 Å². The minimum Gasteiger partial charge on any atom is -0.489 e. The first-order valence-corrected chi connectivity index (χ1v) is 8.06. The molecule has 0 bridgehead atoms. The van der Waals surface area contributed by atoms with E-state index >= 15 is 0 Å². The van der Waals surface area contributed by atoms with E-state index < -0.39 is 0 Å². The maximum Gasteiger partial charge on any atom is 0.119 e. The lowest BCUT2D eigenvalue weighted by atomic mass is 10.1. The predicted molar refractivity (Wildman–Crippen MR) is 89.4 cm³/mol. The highest BCUT2D eigenvalue weighted by Crippen LogP contribution is 2.24. The molecule has 0 aliphatic carbocycles. The predicted octanol–water partition coefficient (Wildman–Crippen LogP) is 2.63. The third-order valence-corrected chi connectivity index (χ3v) is 4.17. The molecule has 122 valence electrons. The minimum absolute atomic E-state index is 0.0297. The highest BCUT2D eigenvalue weighted by atomic mass is 16.5. The summed E-state index contributed by atoms with van der Waals surface area (Å²) in [6.45, 7) is 3.86. The summed E-state index contributed by atoms with van der Waals surface area (Å²) in [5.74, 6) is 0.844. The smallest absolute Gasteiger partial charge is 0.119 e. The van der Waals surface area contributed by atoms with Gasteiger partial charge in [0.05, 0.1) is 25.9 Å². The van der Waals surface area contributed by atoms with Crippen molar-refractivity contribution < 1.29 is 14.6 Å². The molecule has 1 atom stereocenters. The van der Waals surface area contributed by atoms with E-state index in [1.165, 1.54) is 0 Å². The second-order valence-corrected chi connectivity index (χ2v) is 5.69. The molecular weight excluding hydrogens is 290 g/mol. The van der Waals surface area contributed by atoms with Gasteiger partial charge in [-0.05, 0) is 23.3 Å². The average Bonchev–Trinajstić information content (AvgIpc) is 2.63. The molecule has 0 unspecified atom stereocenters. The molecule has 0 aromatic heterocycles. The van der Waals surface area contributed by atoms with Crippen LogP contribution >= 0.6 is 0 Å². The van der Waals surface area contributed by atoms with E-state index in [0.29, 0.717) is 6.61 Å². The Morgan fingerprint density at radius 2 is 1.70 bits per heavy atom. The fraction of sp³-hybridized carbons (Fsp3) is 0.368. The molecule has 0 spiro atoms. The summed E-state index contributed by atoms with van der Waals surface area (Å²) in [4.78, 5) is 2.27. The summed E-state index contributed by atoms with van der Waals surface area (Å²) < 4.78 is 11.2. The van der Waals surface area contributed by atoms with Crippen LogP contribution < -0.4 is 4.74 Å². The van der Waals surface area contributed by atoms with E-state index in [4.69, 9.17) is 9.47 Å². The first-order valence-electron chi connectivity index (χ1n) is 8.06. The van der Waals surface area contributed by atoms with Crippen LogP contribution in [0, 0.1) is 0 Å². The van der Waals surface area contributed by atoms with Crippen molar-refractivity contribution in [2.24, 2.45) is 0 Å². The number of rotatable bonds is 6. The van der Waals surface area contributed by atoms with Crippen molar-refractivity contribution in [3.8, 4) is 5.75 Å². The summed E-state index contributed by atoms with van der Waals surface area (Å²) >= 11 is 0. The van der Waals surface area contributed by atoms with Crippen molar-refractivity contribution in [3.05, 3.63) is 65.7 Å². The van der Waals surface area contributed by atoms with E-state index in [2.05, 4.69) is 17.0 Å². The number of aliphatic hydroxyl groups excluding tert-OH is 1. The van der Waals surface area contributed by atoms with Gasteiger partial charge in [-0.1, -0.05) is 42.5 Å². The van der Waals surface area contributed by atoms with Gasteiger partial charge in [-0.15, -0.1) is 0 Å². The standard InChI is InChI=1S/C19H23NO3/c21-14-19(20-10-12-22-13-11-20)17-6-8-18(9-7-17)23-15-16-4-2-1-3-5-16/h1-9,19,21H,10-15H2/t19-/m0/s1. The number of aliphatic hydroxyl groups is 1. The van der Waals surface area contributed by atoms with Gasteiger partial charge >= 0.3 is 0 Å². The summed E-state index contributed by atoms with van der Waals surface area (Å²) in [5.41, 5.74) is 2.26. The Balaban J connectivity index is 1.61. The lowest BCUT2D eigenvalue weighted by molar-refractivity contribution is 0.00258. The van der Waals surface area contributed by atoms with Gasteiger partial charge in [-0.3, -0.25) is 4.90 Å². The van der Waals surface area contributed by atoms with Gasteiger partial charge in [0.15, 0.2) is 0 Å². The fourth-order valence-electron chi connectivity index (χ4n) is 2.85. The number of hydrogen-bond donors (Lipinski definition) is 1. The minimum atomic E-state index is 0.0297. The van der Waals surface area contributed by atoms with Crippen LogP contribution in [0.3, 0.4) is 0 Å². The van der Waals surface area contributed by atoms with Gasteiger partial charge in [0.25, 0.3) is 0 Å². The van der Waals surface area contributed by atoms with Crippen LogP contribution in [0.1, 0.15) is 17.2 Å². The van der Waals surface area contributed by atoms with E-state index in [0.717, 1.165) is 43.2 Å². The molecule has 1 N–H and O–H groups in total. The zero-order valence-electron chi connectivity index (χ0n) is 13.2. The summed E-state index contributed by atoms with van der Waals surface area (Å²) in [5, 5.41) is 9.74. The Labute approximate surface area is 137 Å². The molecule has 1 aliphatic heterocycles. The molecule has 4 heteroatoms. The third-order valence-electron chi connectivity index (χ3n) is 4.17. The molecule has 0 radical (unpaired) electrons. The number of nitrogens with zero attached hydrogens (tertiary/aromatic N) is 1. The Bertz CT molecular complexity index is 579. The van der Waals surface area contributed by atoms with Gasteiger partial charge in [-0.2, -0.15) is 0 Å². The van der Waals surface area contributed by atoms with E-state index in [1.54, 1.807) is 0 Å². The molecule has 0 saturated carbocycles. The number of ether oxygens (including phenoxy) is 2. The van der Waals surface area contributed by atoms with Crippen LogP contribution in [0.5, 0.6) is 5.75 Å². The zero-order chi connectivity index (χ0) is 15.9. The fourth-order valence-corrected chi connectivity index (χ4v) is 2.85. The van der Waals surface area contributed by atoms with Crippen LogP contribution in [-0.2, 0) is 11.3 Å². The van der Waals surface area contributed by atoms with Crippen LogP contribution in [-0.4, -0.2) is 42.9 Å². The van der Waals surface area contributed by atoms with Crippen LogP contribution in [0.2, 0.25) is 0 Å². The third kappa shape index (κ3) is 4.32. The average molecular weight is 313 g/mol. The Morgan fingerprint density at radius 1 is 1.00 bits per heavy atom.